The van der Waals surface area contributed by atoms with Crippen LogP contribution in [0.4, 0.5) is 0 Å². The third-order valence-corrected chi connectivity index (χ3v) is 25.5. The minimum absolute atomic E-state index is 0.00649. The van der Waals surface area contributed by atoms with Crippen molar-refractivity contribution in [1.82, 2.24) is 103 Å². The fraction of sp³-hybridized carbons (Fsp3) is 0.505. The molecule has 15 atom stereocenters. The highest BCUT2D eigenvalue weighted by molar-refractivity contribution is 8.00. The molecule has 0 bridgehead atoms. The van der Waals surface area contributed by atoms with E-state index in [4.69, 9.17) is 22.6 Å². The van der Waals surface area contributed by atoms with Gasteiger partial charge in [0.2, 0.25) is 100 Å². The number of phenols is 1. The number of hydrogen-bond acceptors (Lipinski definition) is 25. The molecule has 48 nitrogen and oxygen atoms in total. The SMILES string of the molecule is CCCC[C@H]1C(=O)N(C)[C@@H](CCCC)C(=O)N[C@@H](CCCNC(=N)N)C(=O)N[C@H](C(=O)NCC(N)=O)CSCC(=O)N[C@@H](Cc2ccc(O)cc2)C(=O)N(C)[C@@H](C)C(=O)N[C@H](CC(N)=O)C(=O)N2CCC[C@H]2C(=O)N[C@@H](Cc2cnc[nH]2)C(=O)N[C@@H](CC(=O)O)C(=O)N2C[C@H](O)C[C@H]2C(=O)N[C@@H](Cc2c[nH]c3ccccc23)C(=O)N[C@@H](CO)C(=O)N[C@@H](Cc2cn(CC(=O)O)c3ccccc23)C(=O)N1C. The van der Waals surface area contributed by atoms with Crippen LogP contribution in [0.3, 0.4) is 0 Å². The number of aromatic nitrogens is 4. The summed E-state index contributed by atoms with van der Waals surface area (Å²) in [4.78, 5) is 290. The Hall–Kier alpha value is -14.8. The van der Waals surface area contributed by atoms with Crippen molar-refractivity contribution >= 4 is 152 Å². The van der Waals surface area contributed by atoms with Crippen LogP contribution >= 0.6 is 11.8 Å². The van der Waals surface area contributed by atoms with Gasteiger partial charge in [0.1, 0.15) is 96.9 Å². The molecule has 3 saturated heterocycles. The minimum atomic E-state index is -2.12. The predicted octanol–water partition coefficient (Wildman–Crippen LogP) is -4.94. The molecule has 140 heavy (non-hydrogen) atoms. The third-order valence-electron chi connectivity index (χ3n) is 24.5. The molecular weight excluding hydrogens is 1850 g/mol. The second kappa shape index (κ2) is 51.6. The second-order valence-corrected chi connectivity index (χ2v) is 35.8. The van der Waals surface area contributed by atoms with Gasteiger partial charge in [-0.05, 0) is 86.4 Å². The number of hydrogen-bond donors (Lipinski definition) is 22. The molecule has 3 fully saturated rings. The lowest BCUT2D eigenvalue weighted by molar-refractivity contribution is -0.149. The molecule has 3 aromatic heterocycles. The fourth-order valence-corrected chi connectivity index (χ4v) is 17.8. The van der Waals surface area contributed by atoms with Gasteiger partial charge in [0.25, 0.3) is 0 Å². The number of nitrogens with zero attached hydrogens (tertiary/aromatic N) is 7. The van der Waals surface area contributed by atoms with Crippen molar-refractivity contribution in [1.29, 1.82) is 5.41 Å². The smallest absolute Gasteiger partial charge is 0.323 e. The van der Waals surface area contributed by atoms with Crippen LogP contribution in [-0.2, 0) is 123 Å². The van der Waals surface area contributed by atoms with E-state index in [9.17, 15) is 83.1 Å². The zero-order chi connectivity index (χ0) is 102. The number of aromatic amines is 2. The Morgan fingerprint density at radius 3 is 1.76 bits per heavy atom. The summed E-state index contributed by atoms with van der Waals surface area (Å²) in [5, 5.41) is 90.2. The van der Waals surface area contributed by atoms with E-state index in [1.165, 1.54) is 81.8 Å². The number of aliphatic hydroxyl groups is 2. The van der Waals surface area contributed by atoms with Gasteiger partial charge in [-0.15, -0.1) is 11.8 Å². The van der Waals surface area contributed by atoms with E-state index in [1.54, 1.807) is 62.4 Å². The van der Waals surface area contributed by atoms with E-state index in [0.29, 0.717) is 45.8 Å². The predicted molar refractivity (Wildman–Crippen MR) is 504 cm³/mol. The Morgan fingerprint density at radius 1 is 0.550 bits per heavy atom. The Bertz CT molecular complexity index is 5500. The Labute approximate surface area is 808 Å². The monoisotopic (exact) mass is 1970 g/mol. The van der Waals surface area contributed by atoms with Gasteiger partial charge in [-0.25, -0.2) is 4.98 Å². The van der Waals surface area contributed by atoms with Gasteiger partial charge in [-0.1, -0.05) is 88.1 Å². The molecule has 0 aliphatic carbocycles. The van der Waals surface area contributed by atoms with Crippen molar-refractivity contribution < 1.29 is 117 Å². The number of phenolic OH excluding ortho intramolecular Hbond substituents is 1. The maximum absolute atomic E-state index is 15.9. The molecule has 17 amide bonds. The van der Waals surface area contributed by atoms with Gasteiger partial charge in [-0.3, -0.25) is 96.5 Å². The molecule has 0 spiro atoms. The van der Waals surface area contributed by atoms with Crippen LogP contribution in [0.1, 0.15) is 127 Å². The van der Waals surface area contributed by atoms with Crippen molar-refractivity contribution in [3.05, 3.63) is 120 Å². The number of guanidine groups is 1. The number of carboxylic acid groups (broad SMARTS) is 2. The number of rotatable bonds is 28. The summed E-state index contributed by atoms with van der Waals surface area (Å²) < 4.78 is 1.38. The maximum Gasteiger partial charge on any atom is 0.323 e. The summed E-state index contributed by atoms with van der Waals surface area (Å²) in [6.45, 7) is 1.32. The van der Waals surface area contributed by atoms with Gasteiger partial charge in [-0.2, -0.15) is 0 Å². The molecule has 6 heterocycles. The largest absolute Gasteiger partial charge is 0.508 e. The summed E-state index contributed by atoms with van der Waals surface area (Å²) in [7, 11) is 3.72. The first-order valence-corrected chi connectivity index (χ1v) is 47.0. The van der Waals surface area contributed by atoms with Crippen LogP contribution < -0.4 is 75.7 Å². The van der Waals surface area contributed by atoms with Gasteiger partial charge in [0.05, 0.1) is 44.2 Å². The van der Waals surface area contributed by atoms with Crippen LogP contribution in [0, 0.1) is 5.41 Å². The number of H-pyrrole nitrogens is 2. The van der Waals surface area contributed by atoms with Crippen LogP contribution in [0.5, 0.6) is 5.75 Å². The van der Waals surface area contributed by atoms with Crippen LogP contribution in [-0.4, -0.2) is 344 Å². The standard InChI is InChI=1S/C91H124N24O24S/c1-7-9-21-68-83(132)102-58(20-15-29-97-91(94)95)79(128)109-66(78(127)99-40-73(93)120)45-140-46-74(121)101-61(31-49-25-27-53(117)28-26-49)86(135)110(4)48(3)77(126)105-63(36-72(92)119)88(137)114-30-16-24-69(114)84(133)104-60(34-52-39-96-47-100-52)81(130)107-64(37-75(122)123)89(138)115-42-54(118)35-71(115)85(134)103-59(32-50-38-98-57-19-13-11-17-55(50)57)80(129)108-65(44-116)82(131)106-62(87(136)112(6)70(22-10-8-2)90(139)111(68)5)33-51-41-113(43-76(124)125)67-23-14-12-18-56(51)67/h11-14,17-19,23,25-28,38-39,41,47-48,54,58-66,68-71,98,116-118H,7-10,15-16,20-22,24,29-37,40,42-46H2,1-6H3,(H2,92,119)(H2,93,120)(H,96,100)(H,99,127)(H,101,121)(H,102,132)(H,103,134)(H,104,133)(H,105,126)(H,106,131)(H,107,130)(H,108,129)(H,109,128)(H,122,123)(H,124,125)(H4,94,95,97)/t48-,54+,58-,59-,60-,61-,62-,63+,64-,65-,66-,68-,69-,70-,71-/m0/s1. The summed E-state index contributed by atoms with van der Waals surface area (Å²) in [6, 6.07) is -5.30. The summed E-state index contributed by atoms with van der Waals surface area (Å²) in [6.07, 6.45) is 0.485. The maximum atomic E-state index is 15.9. The molecule has 3 aromatic carbocycles. The number of likely N-dealkylation sites (N-methyl/N-ethyl adjacent to an activating group) is 3. The summed E-state index contributed by atoms with van der Waals surface area (Å²) in [5.74, 6) is -22.7. The number of nitrogens with two attached hydrogens (primary N) is 3. The number of thioether (sulfide) groups is 1. The Morgan fingerprint density at radius 2 is 1.12 bits per heavy atom. The second-order valence-electron chi connectivity index (χ2n) is 34.8. The van der Waals surface area contributed by atoms with E-state index >= 15 is 33.6 Å². The van der Waals surface area contributed by atoms with Crippen molar-refractivity contribution in [3.63, 3.8) is 0 Å². The Balaban J connectivity index is 1.12. The number of carbonyl (C=O) groups excluding carboxylic acids is 17. The molecule has 9 rings (SSSR count). The number of amides is 17. The average molecular weight is 1970 g/mol. The molecule has 0 unspecified atom stereocenters. The van der Waals surface area contributed by atoms with Crippen molar-refractivity contribution in [2.75, 3.05) is 65.4 Å². The number of carboxylic acids is 2. The van der Waals surface area contributed by atoms with Crippen LogP contribution in [0.15, 0.2) is 97.7 Å². The number of imidazole rings is 1. The van der Waals surface area contributed by atoms with Gasteiger partial charge >= 0.3 is 11.9 Å². The van der Waals surface area contributed by atoms with Gasteiger partial charge < -0.3 is 140 Å². The van der Waals surface area contributed by atoms with E-state index in [-0.39, 0.29) is 87.9 Å². The lowest BCUT2D eigenvalue weighted by Crippen LogP contribution is -2.62. The molecule has 6 aromatic rings. The number of primary amides is 2. The third kappa shape index (κ3) is 30.1. The van der Waals surface area contributed by atoms with E-state index < -0.39 is 285 Å². The van der Waals surface area contributed by atoms with Crippen molar-refractivity contribution in [2.24, 2.45) is 17.2 Å². The number of aliphatic hydroxyl groups excluding tert-OH is 2. The number of carbonyl (C=O) groups is 19. The summed E-state index contributed by atoms with van der Waals surface area (Å²) in [5.41, 5.74) is 18.9. The van der Waals surface area contributed by atoms with Crippen molar-refractivity contribution in [2.45, 2.75) is 227 Å². The summed E-state index contributed by atoms with van der Waals surface area (Å²) >= 11 is 0.726. The number of para-hydroxylation sites is 2. The molecule has 3 aliphatic rings. The Kier molecular flexibility index (Phi) is 40.1. The van der Waals surface area contributed by atoms with Gasteiger partial charge in [0.15, 0.2) is 5.96 Å². The van der Waals surface area contributed by atoms with Crippen LogP contribution in [0.2, 0.25) is 0 Å². The molecule has 3 aliphatic heterocycles. The van der Waals surface area contributed by atoms with Crippen molar-refractivity contribution in [3.8, 4) is 5.75 Å². The molecule has 25 N–H and O–H groups in total. The van der Waals surface area contributed by atoms with E-state index in [0.717, 1.165) is 36.3 Å². The minimum Gasteiger partial charge on any atom is -0.508 e. The highest BCUT2D eigenvalue weighted by Crippen LogP contribution is 2.29. The average Bonchev–Trinajstić information content (AvgIpc) is 1.63. The zero-order valence-corrected chi connectivity index (χ0v) is 79.2. The molecule has 758 valence electrons. The number of aromatic hydroxyl groups is 1. The topological polar surface area (TPSA) is 725 Å². The first kappa shape index (κ1) is 109. The van der Waals surface area contributed by atoms with Gasteiger partial charge in [0, 0.05) is 125 Å². The first-order valence-electron chi connectivity index (χ1n) is 45.8. The number of unbranched alkanes of at least 4 members (excludes halogenated alkanes) is 2. The molecule has 0 saturated carbocycles. The molecule has 49 heteroatoms. The zero-order valence-electron chi connectivity index (χ0n) is 78.3. The lowest BCUT2D eigenvalue weighted by atomic mass is 10.00. The molecular formula is C91H124N24O24S. The van der Waals surface area contributed by atoms with Crippen LogP contribution in [0.25, 0.3) is 21.8 Å². The lowest BCUT2D eigenvalue weighted by Gasteiger charge is -2.36. The first-order chi connectivity index (χ1) is 66.6. The number of fused-ring (bicyclic) bond motifs is 4. The molecule has 0 radical (unpaired) electrons. The number of nitrogens with one attached hydrogen (secondary N) is 14. The highest BCUT2D eigenvalue weighted by Gasteiger charge is 2.47. The quantitative estimate of drug-likeness (QED) is 0.0124. The number of benzene rings is 3. The van der Waals surface area contributed by atoms with E-state index in [1.807, 2.05) is 0 Å². The fourth-order valence-electron chi connectivity index (χ4n) is 16.9. The van der Waals surface area contributed by atoms with E-state index in [2.05, 4.69) is 73.4 Å². The highest BCUT2D eigenvalue weighted by atomic mass is 32.2. The normalized spacial score (nSPS) is 24.2. The number of aliphatic carboxylic acids is 2.